The summed E-state index contributed by atoms with van der Waals surface area (Å²) in [6.07, 6.45) is 11.7. The van der Waals surface area contributed by atoms with Crippen molar-refractivity contribution in [1.82, 2.24) is 20.3 Å². The number of pyridine rings is 1. The Morgan fingerprint density at radius 2 is 2.23 bits per heavy atom. The highest BCUT2D eigenvalue weighted by Gasteiger charge is 2.29. The molecule has 0 amide bonds. The lowest BCUT2D eigenvalue weighted by Crippen LogP contribution is -2.40. The van der Waals surface area contributed by atoms with Gasteiger partial charge in [0.2, 0.25) is 0 Å². The van der Waals surface area contributed by atoms with Crippen LogP contribution in [0.2, 0.25) is 0 Å². The highest BCUT2D eigenvalue weighted by atomic mass is 15.0. The van der Waals surface area contributed by atoms with Crippen LogP contribution < -0.4 is 11.1 Å². The van der Waals surface area contributed by atoms with Crippen LogP contribution in [0.4, 0.5) is 0 Å². The molecule has 1 aliphatic rings. The molecule has 0 saturated heterocycles. The summed E-state index contributed by atoms with van der Waals surface area (Å²) in [6, 6.07) is 4.98. The molecule has 0 spiro atoms. The van der Waals surface area contributed by atoms with E-state index in [0.717, 1.165) is 56.6 Å². The van der Waals surface area contributed by atoms with Crippen LogP contribution in [-0.2, 0) is 6.42 Å². The van der Waals surface area contributed by atoms with E-state index in [9.17, 15) is 0 Å². The summed E-state index contributed by atoms with van der Waals surface area (Å²) in [5.41, 5.74) is 9.60. The van der Waals surface area contributed by atoms with E-state index >= 15 is 0 Å². The molecule has 0 fully saturated rings. The normalized spacial score (nSPS) is 19.1. The molecule has 0 aliphatic heterocycles. The van der Waals surface area contributed by atoms with Gasteiger partial charge in [-0.25, -0.2) is 4.98 Å². The van der Waals surface area contributed by atoms with E-state index < -0.39 is 0 Å². The topological polar surface area (TPSA) is 79.6 Å². The smallest absolute Gasteiger partial charge is 0.110 e. The third-order valence-electron chi connectivity index (χ3n) is 5.49. The van der Waals surface area contributed by atoms with Gasteiger partial charge < -0.3 is 16.0 Å². The number of H-pyrrole nitrogens is 1. The molecule has 1 aliphatic carbocycles. The average Bonchev–Trinajstić information content (AvgIpc) is 3.09. The van der Waals surface area contributed by atoms with Gasteiger partial charge in [0.1, 0.15) is 5.82 Å². The van der Waals surface area contributed by atoms with Gasteiger partial charge in [-0.3, -0.25) is 4.98 Å². The van der Waals surface area contributed by atoms with Gasteiger partial charge in [-0.1, -0.05) is 19.4 Å². The van der Waals surface area contributed by atoms with E-state index in [1.54, 1.807) is 0 Å². The lowest BCUT2D eigenvalue weighted by atomic mass is 9.87. The van der Waals surface area contributed by atoms with Crippen molar-refractivity contribution in [2.75, 3.05) is 6.54 Å². The van der Waals surface area contributed by atoms with Crippen LogP contribution in [0.25, 0.3) is 0 Å². The number of aryl methyl sites for hydroxylation is 2. The SMILES string of the molecule is CCCC(c1ncc(C)[nH]1)C(CCCN)NC1CCCc2cccnc21. The van der Waals surface area contributed by atoms with Crippen molar-refractivity contribution < 1.29 is 0 Å². The fourth-order valence-corrected chi connectivity index (χ4v) is 4.23. The molecule has 5 nitrogen and oxygen atoms in total. The highest BCUT2D eigenvalue weighted by Crippen LogP contribution is 2.32. The quantitative estimate of drug-likeness (QED) is 0.640. The summed E-state index contributed by atoms with van der Waals surface area (Å²) in [5.74, 6) is 1.49. The zero-order chi connectivity index (χ0) is 18.4. The molecule has 26 heavy (non-hydrogen) atoms. The van der Waals surface area contributed by atoms with Crippen molar-refractivity contribution in [1.29, 1.82) is 0 Å². The van der Waals surface area contributed by atoms with Gasteiger partial charge in [-0.15, -0.1) is 0 Å². The van der Waals surface area contributed by atoms with Crippen LogP contribution in [0.5, 0.6) is 0 Å². The monoisotopic (exact) mass is 355 g/mol. The van der Waals surface area contributed by atoms with Crippen molar-refractivity contribution in [2.24, 2.45) is 5.73 Å². The number of nitrogens with zero attached hydrogens (tertiary/aromatic N) is 2. The summed E-state index contributed by atoms with van der Waals surface area (Å²) < 4.78 is 0. The Kier molecular flexibility index (Phi) is 6.80. The molecule has 142 valence electrons. The van der Waals surface area contributed by atoms with Gasteiger partial charge in [0.05, 0.1) is 5.69 Å². The van der Waals surface area contributed by atoms with E-state index in [0.29, 0.717) is 18.0 Å². The molecule has 0 radical (unpaired) electrons. The highest BCUT2D eigenvalue weighted by molar-refractivity contribution is 5.25. The number of nitrogens with one attached hydrogen (secondary N) is 2. The molecule has 3 atom stereocenters. The van der Waals surface area contributed by atoms with Crippen LogP contribution in [0.1, 0.15) is 80.2 Å². The Balaban J connectivity index is 1.83. The van der Waals surface area contributed by atoms with Gasteiger partial charge >= 0.3 is 0 Å². The van der Waals surface area contributed by atoms with Gasteiger partial charge in [-0.05, 0) is 63.6 Å². The average molecular weight is 356 g/mol. The largest absolute Gasteiger partial charge is 0.346 e. The third kappa shape index (κ3) is 4.51. The second kappa shape index (κ2) is 9.28. The molecule has 3 unspecified atom stereocenters. The Labute approximate surface area is 157 Å². The van der Waals surface area contributed by atoms with Crippen molar-refractivity contribution in [3.8, 4) is 0 Å². The maximum Gasteiger partial charge on any atom is 0.110 e. The Morgan fingerprint density at radius 3 is 2.96 bits per heavy atom. The second-order valence-corrected chi connectivity index (χ2v) is 7.54. The summed E-state index contributed by atoms with van der Waals surface area (Å²) in [6.45, 7) is 5.05. The fraction of sp³-hybridized carbons (Fsp3) is 0.619. The summed E-state index contributed by atoms with van der Waals surface area (Å²) >= 11 is 0. The number of hydrogen-bond donors (Lipinski definition) is 3. The molecule has 0 aromatic carbocycles. The number of rotatable bonds is 9. The number of aromatic nitrogens is 3. The molecule has 2 aromatic heterocycles. The molecule has 2 aromatic rings. The molecular weight excluding hydrogens is 322 g/mol. The molecule has 5 heteroatoms. The summed E-state index contributed by atoms with van der Waals surface area (Å²) in [5, 5.41) is 3.96. The van der Waals surface area contributed by atoms with Crippen molar-refractivity contribution in [3.63, 3.8) is 0 Å². The molecule has 4 N–H and O–H groups in total. The van der Waals surface area contributed by atoms with E-state index in [1.165, 1.54) is 17.7 Å². The van der Waals surface area contributed by atoms with Crippen LogP contribution in [0, 0.1) is 6.92 Å². The summed E-state index contributed by atoms with van der Waals surface area (Å²) in [7, 11) is 0. The minimum atomic E-state index is 0.332. The number of hydrogen-bond acceptors (Lipinski definition) is 4. The van der Waals surface area contributed by atoms with Crippen molar-refractivity contribution in [2.45, 2.75) is 76.8 Å². The lowest BCUT2D eigenvalue weighted by Gasteiger charge is -2.33. The maximum absolute atomic E-state index is 5.84. The second-order valence-electron chi connectivity index (χ2n) is 7.54. The number of imidazole rings is 1. The van der Waals surface area contributed by atoms with Crippen molar-refractivity contribution >= 4 is 0 Å². The zero-order valence-corrected chi connectivity index (χ0v) is 16.2. The van der Waals surface area contributed by atoms with Crippen molar-refractivity contribution in [3.05, 3.63) is 47.3 Å². The number of fused-ring (bicyclic) bond motifs is 1. The minimum Gasteiger partial charge on any atom is -0.346 e. The first-order valence-electron chi connectivity index (χ1n) is 10.1. The standard InChI is InChI=1S/C21H33N5/c1-3-7-17(21-24-14-15(2)25-21)18(11-5-12-22)26-19-10-4-8-16-9-6-13-23-20(16)19/h6,9,13-14,17-19,26H,3-5,7-8,10-12,22H2,1-2H3,(H,24,25). The third-order valence-corrected chi connectivity index (χ3v) is 5.49. The van der Waals surface area contributed by atoms with Crippen LogP contribution in [0.3, 0.4) is 0 Å². The molecular formula is C21H33N5. The molecule has 3 rings (SSSR count). The van der Waals surface area contributed by atoms with Gasteiger partial charge in [0.25, 0.3) is 0 Å². The first-order chi connectivity index (χ1) is 12.7. The van der Waals surface area contributed by atoms with Gasteiger partial charge in [0.15, 0.2) is 0 Å². The Morgan fingerprint density at radius 1 is 1.35 bits per heavy atom. The first-order valence-corrected chi connectivity index (χ1v) is 10.1. The Hall–Kier alpha value is -1.72. The first kappa shape index (κ1) is 19.1. The molecule has 0 bridgehead atoms. The molecule has 2 heterocycles. The van der Waals surface area contributed by atoms with Crippen LogP contribution >= 0.6 is 0 Å². The van der Waals surface area contributed by atoms with E-state index in [1.807, 2.05) is 12.4 Å². The predicted octanol–water partition coefficient (Wildman–Crippen LogP) is 3.77. The van der Waals surface area contributed by atoms with E-state index in [4.69, 9.17) is 10.7 Å². The Bertz CT molecular complexity index is 681. The fourth-order valence-electron chi connectivity index (χ4n) is 4.23. The van der Waals surface area contributed by atoms with Crippen LogP contribution in [-0.4, -0.2) is 27.5 Å². The van der Waals surface area contributed by atoms with E-state index in [2.05, 4.69) is 41.3 Å². The molecule has 0 saturated carbocycles. The van der Waals surface area contributed by atoms with E-state index in [-0.39, 0.29) is 0 Å². The van der Waals surface area contributed by atoms with Gasteiger partial charge in [0, 0.05) is 36.1 Å². The van der Waals surface area contributed by atoms with Gasteiger partial charge in [-0.2, -0.15) is 0 Å². The number of aromatic amines is 1. The summed E-state index contributed by atoms with van der Waals surface area (Å²) in [4.78, 5) is 12.8. The maximum atomic E-state index is 5.84. The number of nitrogens with two attached hydrogens (primary N) is 1. The minimum absolute atomic E-state index is 0.332. The zero-order valence-electron chi connectivity index (χ0n) is 16.2. The lowest BCUT2D eigenvalue weighted by molar-refractivity contribution is 0.314. The predicted molar refractivity (Wildman–Crippen MR) is 106 cm³/mol. The van der Waals surface area contributed by atoms with Crippen LogP contribution in [0.15, 0.2) is 24.5 Å².